The van der Waals surface area contributed by atoms with E-state index in [1.807, 2.05) is 12.2 Å². The molecular formula is C125H114N2. The van der Waals surface area contributed by atoms with Crippen LogP contribution in [0.5, 0.6) is 0 Å². The lowest BCUT2D eigenvalue weighted by Crippen LogP contribution is -2.30. The normalized spacial score (nSPS) is 15.2. The first-order valence-corrected chi connectivity index (χ1v) is 46.6. The first kappa shape index (κ1) is 81.9. The molecule has 0 aromatic heterocycles. The number of anilines is 6. The molecular weight excluding hydrogens is 1530 g/mol. The summed E-state index contributed by atoms with van der Waals surface area (Å²) >= 11 is 0. The summed E-state index contributed by atoms with van der Waals surface area (Å²) < 4.78 is 0. The van der Waals surface area contributed by atoms with Crippen molar-refractivity contribution in [1.82, 2.24) is 0 Å². The average molecular weight is 1640 g/mol. The molecule has 0 aliphatic heterocycles. The van der Waals surface area contributed by atoms with Crippen LogP contribution < -0.4 is 9.80 Å². The molecule has 0 saturated carbocycles. The molecule has 20 rings (SSSR count). The second-order valence-electron chi connectivity index (χ2n) is 38.3. The van der Waals surface area contributed by atoms with Crippen LogP contribution in [0.1, 0.15) is 207 Å². The van der Waals surface area contributed by atoms with Crippen molar-refractivity contribution < 1.29 is 0 Å². The summed E-state index contributed by atoms with van der Waals surface area (Å²) in [4.78, 5) is 5.18. The van der Waals surface area contributed by atoms with Crippen LogP contribution in [0.3, 0.4) is 0 Å². The third kappa shape index (κ3) is 14.5. The molecule has 624 valence electrons. The highest BCUT2D eigenvalue weighted by atomic mass is 15.1. The molecule has 0 amide bonds. The highest BCUT2D eigenvalue weighted by Gasteiger charge is 2.54. The molecule has 0 fully saturated rings. The van der Waals surface area contributed by atoms with Gasteiger partial charge in [-0.1, -0.05) is 410 Å². The van der Waals surface area contributed by atoms with Gasteiger partial charge in [0.2, 0.25) is 0 Å². The molecule has 0 radical (unpaired) electrons. The maximum atomic E-state index is 4.19. The van der Waals surface area contributed by atoms with E-state index in [1.54, 1.807) is 0 Å². The van der Waals surface area contributed by atoms with Gasteiger partial charge in [-0.2, -0.15) is 0 Å². The van der Waals surface area contributed by atoms with Gasteiger partial charge in [-0.25, -0.2) is 0 Å². The molecule has 4 aliphatic rings. The van der Waals surface area contributed by atoms with Crippen LogP contribution in [-0.2, 0) is 52.8 Å². The quantitative estimate of drug-likeness (QED) is 0.0499. The van der Waals surface area contributed by atoms with Crippen molar-refractivity contribution >= 4 is 46.3 Å². The van der Waals surface area contributed by atoms with Crippen LogP contribution in [-0.4, -0.2) is 0 Å². The Morgan fingerprint density at radius 2 is 0.567 bits per heavy atom. The molecule has 1 spiro atoms. The molecule has 0 bridgehead atoms. The van der Waals surface area contributed by atoms with Crippen molar-refractivity contribution in [1.29, 1.82) is 0 Å². The summed E-state index contributed by atoms with van der Waals surface area (Å²) in [6, 6.07) is 142. The summed E-state index contributed by atoms with van der Waals surface area (Å²) in [5.41, 5.74) is 42.9. The lowest BCUT2D eigenvalue weighted by molar-refractivity contribution is 0.586. The van der Waals surface area contributed by atoms with Gasteiger partial charge < -0.3 is 9.80 Å². The van der Waals surface area contributed by atoms with Crippen molar-refractivity contribution in [3.05, 3.63) is 477 Å². The van der Waals surface area contributed by atoms with Crippen molar-refractivity contribution in [2.24, 2.45) is 0 Å². The Labute approximate surface area is 754 Å². The van der Waals surface area contributed by atoms with Crippen LogP contribution in [0.4, 0.5) is 34.1 Å². The lowest BCUT2D eigenvalue weighted by Gasteiger charge is -2.36. The molecule has 2 unspecified atom stereocenters. The monoisotopic (exact) mass is 1640 g/mol. The minimum Gasteiger partial charge on any atom is -0.310 e. The highest BCUT2D eigenvalue weighted by molar-refractivity contribution is 5.99. The molecule has 0 saturated heterocycles. The Bertz CT molecular complexity index is 6380. The molecule has 2 atom stereocenters. The topological polar surface area (TPSA) is 6.48 Å². The van der Waals surface area contributed by atoms with Crippen molar-refractivity contribution in [3.63, 3.8) is 0 Å². The SMILES string of the molecule is C=Cc1ccc(CC2(c3ccc(C(C)(C)C)cc3)c3ccccc3-c3ccc(N(c4ccc(-c5ccccc5)cc4)c4ccc5c(c4)C4(c6ccc(CCCCCC)cc6-c6cc(CCCCCC)ccc64)c4cc(N(c6ccc(-c7ccccc7)cc6)c6ccc7c(c6)C(Cc6ccc(C=C)cc6)(c6ccc(C(C)(C)C)cc6)c6ccccc6-7)ccc4-5)cc32)cc1. The van der Waals surface area contributed by atoms with Crippen LogP contribution in [0.25, 0.3) is 78.9 Å². The summed E-state index contributed by atoms with van der Waals surface area (Å²) in [5.74, 6) is 0. The Hall–Kier alpha value is -13.4. The molecule has 16 aromatic carbocycles. The number of fused-ring (bicyclic) bond motifs is 16. The first-order chi connectivity index (χ1) is 62.0. The van der Waals surface area contributed by atoms with E-state index in [4.69, 9.17) is 0 Å². The van der Waals surface area contributed by atoms with Gasteiger partial charge in [-0.3, -0.25) is 0 Å². The standard InChI is InChI=1S/C125H114N2/c1-11-15-17-21-31-87-49-75-115-111(77-87)112-78-88(32-22-18-16-12-2)50-76-116(112)125(115)119-81-103(126(99-63-51-93(52-64-99)91-33-23-19-24-34-91)101-67-71-107-105-37-27-29-39-113(105)123(117(107)79-101,83-89-45-41-85(13-3)42-46-89)97-59-55-95(56-60-97)121(5,6)7)69-73-109(119)110-74-70-104(82-120(110)125)127(100-65-53-94(54-66-100)92-35-25-20-26-36-92)102-68-72-108-106-38-28-30-40-114(106)124(118(108)80-102,84-90-47-43-86(14-4)44-48-90)98-61-57-96(58-62-98)122(8,9)10/h13-14,19-20,23-30,33-82H,3-4,11-12,15-18,21-22,31-32,83-84H2,1-2,5-10H3. The van der Waals surface area contributed by atoms with Gasteiger partial charge in [-0.15, -0.1) is 0 Å². The lowest BCUT2D eigenvalue weighted by atomic mass is 9.68. The molecule has 4 aliphatic carbocycles. The van der Waals surface area contributed by atoms with Crippen molar-refractivity contribution in [2.45, 2.75) is 160 Å². The molecule has 2 heteroatoms. The summed E-state index contributed by atoms with van der Waals surface area (Å²) in [6.45, 7) is 27.0. The Morgan fingerprint density at radius 1 is 0.252 bits per heavy atom. The summed E-state index contributed by atoms with van der Waals surface area (Å²) in [6.07, 6.45) is 17.2. The van der Waals surface area contributed by atoms with Gasteiger partial charge in [0, 0.05) is 34.1 Å². The maximum Gasteiger partial charge on any atom is 0.0727 e. The van der Waals surface area contributed by atoms with Crippen LogP contribution in [0.15, 0.2) is 377 Å². The van der Waals surface area contributed by atoms with Gasteiger partial charge in [0.1, 0.15) is 0 Å². The van der Waals surface area contributed by atoms with Gasteiger partial charge in [-0.05, 0) is 289 Å². The van der Waals surface area contributed by atoms with Gasteiger partial charge in [0.25, 0.3) is 0 Å². The number of hydrogen-bond donors (Lipinski definition) is 0. The summed E-state index contributed by atoms with van der Waals surface area (Å²) in [7, 11) is 0. The smallest absolute Gasteiger partial charge is 0.0727 e. The Kier molecular flexibility index (Phi) is 21.6. The highest BCUT2D eigenvalue weighted by Crippen LogP contribution is 2.66. The second-order valence-corrected chi connectivity index (χ2v) is 38.3. The molecule has 0 heterocycles. The minimum atomic E-state index is -0.779. The predicted octanol–water partition coefficient (Wildman–Crippen LogP) is 33.5. The molecule has 16 aromatic rings. The average Bonchev–Trinajstić information content (AvgIpc) is 1.50. The van der Waals surface area contributed by atoms with E-state index < -0.39 is 16.2 Å². The number of rotatable bonds is 26. The third-order valence-electron chi connectivity index (χ3n) is 28.6. The van der Waals surface area contributed by atoms with E-state index in [-0.39, 0.29) is 10.8 Å². The zero-order valence-electron chi connectivity index (χ0n) is 75.1. The third-order valence-corrected chi connectivity index (χ3v) is 28.6. The fourth-order valence-electron chi connectivity index (χ4n) is 22.0. The van der Waals surface area contributed by atoms with E-state index in [9.17, 15) is 0 Å². The number of nitrogens with zero attached hydrogens (tertiary/aromatic N) is 2. The van der Waals surface area contributed by atoms with Crippen LogP contribution >= 0.6 is 0 Å². The van der Waals surface area contributed by atoms with Crippen molar-refractivity contribution in [3.8, 4) is 66.8 Å². The van der Waals surface area contributed by atoms with E-state index in [0.717, 1.165) is 83.8 Å². The Morgan fingerprint density at radius 3 is 0.921 bits per heavy atom. The molecule has 0 N–H and O–H groups in total. The fraction of sp³-hybridized carbons (Fsp3) is 0.200. The number of aryl methyl sites for hydroxylation is 2. The van der Waals surface area contributed by atoms with Gasteiger partial charge >= 0.3 is 0 Å². The molecule has 127 heavy (non-hydrogen) atoms. The van der Waals surface area contributed by atoms with E-state index in [1.165, 1.54) is 194 Å². The van der Waals surface area contributed by atoms with E-state index in [0.29, 0.717) is 0 Å². The predicted molar refractivity (Wildman–Crippen MR) is 540 cm³/mol. The zero-order chi connectivity index (χ0) is 86.8. The minimum absolute atomic E-state index is 0.0295. The number of hydrogen-bond acceptors (Lipinski definition) is 2. The largest absolute Gasteiger partial charge is 0.310 e. The summed E-state index contributed by atoms with van der Waals surface area (Å²) in [5, 5.41) is 0. The first-order valence-electron chi connectivity index (χ1n) is 46.6. The number of benzene rings is 16. The zero-order valence-corrected chi connectivity index (χ0v) is 75.1. The van der Waals surface area contributed by atoms with Crippen molar-refractivity contribution in [2.75, 3.05) is 9.80 Å². The number of unbranched alkanes of at least 4 members (excludes halogenated alkanes) is 6. The van der Waals surface area contributed by atoms with Gasteiger partial charge in [0.15, 0.2) is 0 Å². The van der Waals surface area contributed by atoms with Crippen LogP contribution in [0.2, 0.25) is 0 Å². The van der Waals surface area contributed by atoms with E-state index in [2.05, 4.69) is 442 Å². The van der Waals surface area contributed by atoms with Crippen LogP contribution in [0, 0.1) is 0 Å². The Balaban J connectivity index is 0.828. The molecule has 2 nitrogen and oxygen atoms in total. The van der Waals surface area contributed by atoms with E-state index >= 15 is 0 Å². The fourth-order valence-corrected chi connectivity index (χ4v) is 22.0. The second kappa shape index (κ2) is 33.5. The van der Waals surface area contributed by atoms with Gasteiger partial charge in [0.05, 0.1) is 16.2 Å². The maximum absolute atomic E-state index is 4.19.